The van der Waals surface area contributed by atoms with Crippen LogP contribution in [-0.4, -0.2) is 31.4 Å². The molecule has 2 amide bonds. The van der Waals surface area contributed by atoms with Gasteiger partial charge in [0.1, 0.15) is 0 Å². The number of amides is 2. The highest BCUT2D eigenvalue weighted by Gasteiger charge is 2.15. The molecule has 0 fully saturated rings. The van der Waals surface area contributed by atoms with E-state index in [0.717, 1.165) is 25.1 Å². The Morgan fingerprint density at radius 1 is 0.962 bits per heavy atom. The van der Waals surface area contributed by atoms with Crippen LogP contribution >= 0.6 is 0 Å². The summed E-state index contributed by atoms with van der Waals surface area (Å²) in [7, 11) is 0. The van der Waals surface area contributed by atoms with Gasteiger partial charge in [0.2, 0.25) is 5.91 Å². The van der Waals surface area contributed by atoms with Crippen LogP contribution in [0.25, 0.3) is 0 Å². The molecule has 0 spiro atoms. The molecule has 0 saturated heterocycles. The van der Waals surface area contributed by atoms with Gasteiger partial charge in [-0.15, -0.1) is 0 Å². The minimum Gasteiger partial charge on any atom is -0.325 e. The number of hydrogen-bond acceptors (Lipinski definition) is 3. The molecule has 0 radical (unpaired) electrons. The maximum Gasteiger partial charge on any atom is 0.258 e. The van der Waals surface area contributed by atoms with Crippen molar-refractivity contribution in [1.29, 1.82) is 0 Å². The first-order valence-electron chi connectivity index (χ1n) is 9.13. The van der Waals surface area contributed by atoms with Crippen LogP contribution in [0.1, 0.15) is 37.0 Å². The lowest BCUT2D eigenvalue weighted by Crippen LogP contribution is -2.30. The smallest absolute Gasteiger partial charge is 0.258 e. The number of benzene rings is 2. The largest absolute Gasteiger partial charge is 0.325 e. The van der Waals surface area contributed by atoms with Crippen LogP contribution in [0.4, 0.5) is 11.4 Å². The first-order valence-corrected chi connectivity index (χ1v) is 9.13. The summed E-state index contributed by atoms with van der Waals surface area (Å²) in [5, 5.41) is 5.94. The molecular weight excluding hydrogens is 326 g/mol. The maximum atomic E-state index is 12.7. The highest BCUT2D eigenvalue weighted by molar-refractivity contribution is 6.06. The van der Waals surface area contributed by atoms with Crippen molar-refractivity contribution >= 4 is 23.2 Å². The summed E-state index contributed by atoms with van der Waals surface area (Å²) in [5.74, 6) is -0.141. The van der Waals surface area contributed by atoms with Gasteiger partial charge in [-0.3, -0.25) is 9.59 Å². The van der Waals surface area contributed by atoms with Crippen molar-refractivity contribution in [3.63, 3.8) is 0 Å². The first kappa shape index (κ1) is 19.7. The second-order valence-corrected chi connectivity index (χ2v) is 6.04. The molecule has 0 unspecified atom stereocenters. The highest BCUT2D eigenvalue weighted by atomic mass is 16.2. The van der Waals surface area contributed by atoms with Crippen molar-refractivity contribution in [2.75, 3.05) is 29.9 Å². The quantitative estimate of drug-likeness (QED) is 0.676. The average Bonchev–Trinajstić information content (AvgIpc) is 2.67. The Morgan fingerprint density at radius 3 is 2.27 bits per heavy atom. The fourth-order valence-corrected chi connectivity index (χ4v) is 2.61. The molecule has 138 valence electrons. The monoisotopic (exact) mass is 353 g/mol. The normalized spacial score (nSPS) is 10.4. The van der Waals surface area contributed by atoms with E-state index in [2.05, 4.69) is 17.6 Å². The molecular formula is C21H27N3O2. The molecule has 5 nitrogen and oxygen atoms in total. The third kappa shape index (κ3) is 5.70. The average molecular weight is 353 g/mol. The molecule has 0 atom stereocenters. The van der Waals surface area contributed by atoms with Gasteiger partial charge in [-0.05, 0) is 56.3 Å². The Bertz CT molecular complexity index is 699. The van der Waals surface area contributed by atoms with E-state index in [1.165, 1.54) is 0 Å². The fraction of sp³-hybridized carbons (Fsp3) is 0.333. The number of hydrogen-bond donors (Lipinski definition) is 2. The minimum absolute atomic E-state index is 0.0576. The molecule has 2 aromatic rings. The van der Waals surface area contributed by atoms with Crippen molar-refractivity contribution in [3.05, 3.63) is 60.2 Å². The summed E-state index contributed by atoms with van der Waals surface area (Å²) in [6, 6.07) is 16.6. The summed E-state index contributed by atoms with van der Waals surface area (Å²) < 4.78 is 0. The summed E-state index contributed by atoms with van der Waals surface area (Å²) in [5.41, 5.74) is 2.15. The van der Waals surface area contributed by atoms with Gasteiger partial charge in [0.25, 0.3) is 5.91 Å². The summed E-state index contributed by atoms with van der Waals surface area (Å²) in [6.07, 6.45) is 2.15. The Morgan fingerprint density at radius 2 is 1.65 bits per heavy atom. The van der Waals surface area contributed by atoms with Crippen molar-refractivity contribution in [2.24, 2.45) is 0 Å². The topological polar surface area (TPSA) is 61.4 Å². The van der Waals surface area contributed by atoms with Gasteiger partial charge in [-0.25, -0.2) is 0 Å². The molecule has 0 aliphatic carbocycles. The molecule has 0 bridgehead atoms. The lowest BCUT2D eigenvalue weighted by Gasteiger charge is -2.21. The SMILES string of the molecule is CCCCNCC(=O)Nc1ccc(C(=O)N(CC)c2ccccc2)cc1. The minimum atomic E-state index is -0.0837. The van der Waals surface area contributed by atoms with Gasteiger partial charge < -0.3 is 15.5 Å². The molecule has 0 aliphatic heterocycles. The number of nitrogens with one attached hydrogen (secondary N) is 2. The van der Waals surface area contributed by atoms with E-state index in [1.807, 2.05) is 37.3 Å². The van der Waals surface area contributed by atoms with E-state index < -0.39 is 0 Å². The van der Waals surface area contributed by atoms with E-state index in [4.69, 9.17) is 0 Å². The second kappa shape index (κ2) is 10.4. The summed E-state index contributed by atoms with van der Waals surface area (Å²) >= 11 is 0. The molecule has 0 heterocycles. The molecule has 2 aromatic carbocycles. The number of rotatable bonds is 9. The van der Waals surface area contributed by atoms with Gasteiger partial charge in [0.05, 0.1) is 6.54 Å². The van der Waals surface area contributed by atoms with E-state index >= 15 is 0 Å². The standard InChI is InChI=1S/C21H27N3O2/c1-3-5-15-22-16-20(25)23-18-13-11-17(12-14-18)21(26)24(4-2)19-9-7-6-8-10-19/h6-14,22H,3-5,15-16H2,1-2H3,(H,23,25). The van der Waals surface area contributed by atoms with Crippen LogP contribution < -0.4 is 15.5 Å². The number of unbranched alkanes of at least 4 members (excludes halogenated alkanes) is 1. The molecule has 26 heavy (non-hydrogen) atoms. The third-order valence-electron chi connectivity index (χ3n) is 4.04. The van der Waals surface area contributed by atoms with Gasteiger partial charge >= 0.3 is 0 Å². The molecule has 0 saturated carbocycles. The summed E-state index contributed by atoms with van der Waals surface area (Å²) in [6.45, 7) is 5.78. The maximum absolute atomic E-state index is 12.7. The predicted molar refractivity (Wildman–Crippen MR) is 107 cm³/mol. The molecule has 5 heteroatoms. The molecule has 2 N–H and O–H groups in total. The van der Waals surface area contributed by atoms with E-state index in [1.54, 1.807) is 29.2 Å². The Balaban J connectivity index is 1.95. The number of anilines is 2. The zero-order chi connectivity index (χ0) is 18.8. The van der Waals surface area contributed by atoms with Crippen molar-refractivity contribution in [3.8, 4) is 0 Å². The van der Waals surface area contributed by atoms with Crippen LogP contribution in [0.15, 0.2) is 54.6 Å². The van der Waals surface area contributed by atoms with Crippen LogP contribution in [-0.2, 0) is 4.79 Å². The van der Waals surface area contributed by atoms with Gasteiger partial charge in [-0.2, -0.15) is 0 Å². The number of nitrogens with zero attached hydrogens (tertiary/aromatic N) is 1. The third-order valence-corrected chi connectivity index (χ3v) is 4.04. The fourth-order valence-electron chi connectivity index (χ4n) is 2.61. The number of carbonyl (C=O) groups is 2. The van der Waals surface area contributed by atoms with Crippen LogP contribution in [0.5, 0.6) is 0 Å². The molecule has 0 aliphatic rings. The van der Waals surface area contributed by atoms with Gasteiger partial charge in [-0.1, -0.05) is 31.5 Å². The molecule has 0 aromatic heterocycles. The van der Waals surface area contributed by atoms with Crippen LogP contribution in [0, 0.1) is 0 Å². The lowest BCUT2D eigenvalue weighted by molar-refractivity contribution is -0.115. The van der Waals surface area contributed by atoms with Crippen molar-refractivity contribution in [2.45, 2.75) is 26.7 Å². The van der Waals surface area contributed by atoms with E-state index in [9.17, 15) is 9.59 Å². The summed E-state index contributed by atoms with van der Waals surface area (Å²) in [4.78, 5) is 26.4. The Kier molecular flexibility index (Phi) is 7.83. The van der Waals surface area contributed by atoms with Crippen LogP contribution in [0.2, 0.25) is 0 Å². The lowest BCUT2D eigenvalue weighted by atomic mass is 10.1. The Hall–Kier alpha value is -2.66. The number of para-hydroxylation sites is 1. The highest BCUT2D eigenvalue weighted by Crippen LogP contribution is 2.18. The van der Waals surface area contributed by atoms with Crippen molar-refractivity contribution < 1.29 is 9.59 Å². The first-order chi connectivity index (χ1) is 12.7. The number of carbonyl (C=O) groups excluding carboxylic acids is 2. The molecule has 2 rings (SSSR count). The van der Waals surface area contributed by atoms with Gasteiger partial charge in [0.15, 0.2) is 0 Å². The zero-order valence-electron chi connectivity index (χ0n) is 15.5. The van der Waals surface area contributed by atoms with Gasteiger partial charge in [0, 0.05) is 23.5 Å². The van der Waals surface area contributed by atoms with Crippen molar-refractivity contribution in [1.82, 2.24) is 5.32 Å². The van der Waals surface area contributed by atoms with Crippen LogP contribution in [0.3, 0.4) is 0 Å². The van der Waals surface area contributed by atoms with E-state index in [-0.39, 0.29) is 18.4 Å². The predicted octanol–water partition coefficient (Wildman–Crippen LogP) is 3.68. The Labute approximate surface area is 155 Å². The zero-order valence-corrected chi connectivity index (χ0v) is 15.5. The second-order valence-electron chi connectivity index (χ2n) is 6.04. The van der Waals surface area contributed by atoms with E-state index in [0.29, 0.717) is 17.8 Å².